The second-order valence-electron chi connectivity index (χ2n) is 5.02. The highest BCUT2D eigenvalue weighted by molar-refractivity contribution is 6.33. The van der Waals surface area contributed by atoms with E-state index in [0.29, 0.717) is 17.6 Å². The van der Waals surface area contributed by atoms with Crippen molar-refractivity contribution in [2.24, 2.45) is 11.5 Å². The molecule has 1 aliphatic carbocycles. The van der Waals surface area contributed by atoms with Crippen molar-refractivity contribution in [2.45, 2.75) is 38.3 Å². The van der Waals surface area contributed by atoms with Gasteiger partial charge >= 0.3 is 0 Å². The van der Waals surface area contributed by atoms with Crippen LogP contribution in [0.25, 0.3) is 0 Å². The Bertz CT molecular complexity index is 458. The van der Waals surface area contributed by atoms with Crippen LogP contribution in [0.4, 0.5) is 5.69 Å². The summed E-state index contributed by atoms with van der Waals surface area (Å²) in [5.41, 5.74) is 12.8. The lowest BCUT2D eigenvalue weighted by molar-refractivity contribution is -0.116. The van der Waals surface area contributed by atoms with Gasteiger partial charge in [-0.1, -0.05) is 30.5 Å². The van der Waals surface area contributed by atoms with E-state index in [9.17, 15) is 4.79 Å². The monoisotopic (exact) mass is 281 g/mol. The molecular weight excluding hydrogens is 262 g/mol. The third-order valence-corrected chi connectivity index (χ3v) is 3.95. The summed E-state index contributed by atoms with van der Waals surface area (Å²) >= 11 is 6.32. The standard InChI is InChI=1S/C14H20ClN3O/c15-12-7-10(8-16)5-6-13(12)18(9-14(17)19)11-3-1-2-4-11/h5-7,11H,1-4,8-9,16H2,(H2,17,19). The summed E-state index contributed by atoms with van der Waals surface area (Å²) in [5, 5.41) is 0.635. The van der Waals surface area contributed by atoms with Gasteiger partial charge in [0.2, 0.25) is 5.91 Å². The zero-order valence-corrected chi connectivity index (χ0v) is 11.7. The Morgan fingerprint density at radius 3 is 2.58 bits per heavy atom. The molecule has 1 aliphatic rings. The molecule has 0 spiro atoms. The predicted octanol–water partition coefficient (Wildman–Crippen LogP) is 2.03. The average Bonchev–Trinajstić information content (AvgIpc) is 2.89. The quantitative estimate of drug-likeness (QED) is 0.867. The Morgan fingerprint density at radius 1 is 1.37 bits per heavy atom. The normalized spacial score (nSPS) is 15.7. The molecule has 0 atom stereocenters. The number of primary amides is 1. The zero-order chi connectivity index (χ0) is 13.8. The van der Waals surface area contributed by atoms with Crippen LogP contribution in [0, 0.1) is 0 Å². The summed E-state index contributed by atoms with van der Waals surface area (Å²) in [4.78, 5) is 13.3. The van der Waals surface area contributed by atoms with E-state index in [0.717, 1.165) is 24.1 Å². The van der Waals surface area contributed by atoms with Gasteiger partial charge in [-0.05, 0) is 30.5 Å². The van der Waals surface area contributed by atoms with Gasteiger partial charge in [-0.2, -0.15) is 0 Å². The molecule has 0 aliphatic heterocycles. The Balaban J connectivity index is 2.28. The van der Waals surface area contributed by atoms with Crippen LogP contribution in [0.5, 0.6) is 0 Å². The topological polar surface area (TPSA) is 72.3 Å². The second-order valence-corrected chi connectivity index (χ2v) is 5.43. The van der Waals surface area contributed by atoms with Crippen molar-refractivity contribution < 1.29 is 4.79 Å². The number of carbonyl (C=O) groups is 1. The molecule has 0 unspecified atom stereocenters. The fraction of sp³-hybridized carbons (Fsp3) is 0.500. The first-order valence-corrected chi connectivity index (χ1v) is 7.03. The molecule has 4 nitrogen and oxygen atoms in total. The van der Waals surface area contributed by atoms with Crippen molar-refractivity contribution in [1.29, 1.82) is 0 Å². The summed E-state index contributed by atoms with van der Waals surface area (Å²) in [6, 6.07) is 6.10. The molecule has 5 heteroatoms. The van der Waals surface area contributed by atoms with Crippen molar-refractivity contribution in [3.63, 3.8) is 0 Å². The van der Waals surface area contributed by atoms with Crippen molar-refractivity contribution in [1.82, 2.24) is 0 Å². The largest absolute Gasteiger partial charge is 0.368 e. The van der Waals surface area contributed by atoms with Crippen LogP contribution in [-0.4, -0.2) is 18.5 Å². The number of benzene rings is 1. The van der Waals surface area contributed by atoms with E-state index in [-0.39, 0.29) is 12.5 Å². The van der Waals surface area contributed by atoms with Gasteiger partial charge in [0, 0.05) is 12.6 Å². The van der Waals surface area contributed by atoms with Crippen molar-refractivity contribution in [3.8, 4) is 0 Å². The van der Waals surface area contributed by atoms with E-state index in [4.69, 9.17) is 23.1 Å². The highest BCUT2D eigenvalue weighted by Crippen LogP contribution is 2.33. The first-order valence-electron chi connectivity index (χ1n) is 6.65. The smallest absolute Gasteiger partial charge is 0.236 e. The van der Waals surface area contributed by atoms with Crippen LogP contribution in [-0.2, 0) is 11.3 Å². The van der Waals surface area contributed by atoms with Gasteiger partial charge in [0.25, 0.3) is 0 Å². The number of nitrogens with two attached hydrogens (primary N) is 2. The molecule has 1 saturated carbocycles. The molecule has 1 fully saturated rings. The summed E-state index contributed by atoms with van der Waals surface area (Å²) in [6.45, 7) is 0.672. The SMILES string of the molecule is NCc1ccc(N(CC(N)=O)C2CCCC2)c(Cl)c1. The maximum absolute atomic E-state index is 11.3. The molecule has 0 saturated heterocycles. The number of anilines is 1. The lowest BCUT2D eigenvalue weighted by Gasteiger charge is -2.31. The number of carbonyl (C=O) groups excluding carboxylic acids is 1. The van der Waals surface area contributed by atoms with Gasteiger partial charge < -0.3 is 16.4 Å². The number of nitrogens with zero attached hydrogens (tertiary/aromatic N) is 1. The van der Waals surface area contributed by atoms with Crippen molar-refractivity contribution in [2.75, 3.05) is 11.4 Å². The molecule has 0 heterocycles. The van der Waals surface area contributed by atoms with Crippen molar-refractivity contribution >= 4 is 23.2 Å². The second kappa shape index (κ2) is 6.26. The third-order valence-electron chi connectivity index (χ3n) is 3.65. The molecular formula is C14H20ClN3O. The van der Waals surface area contributed by atoms with Crippen LogP contribution < -0.4 is 16.4 Å². The minimum Gasteiger partial charge on any atom is -0.368 e. The molecule has 104 valence electrons. The number of rotatable bonds is 5. The Kier molecular flexibility index (Phi) is 4.66. The number of halogens is 1. The minimum atomic E-state index is -0.328. The molecule has 19 heavy (non-hydrogen) atoms. The average molecular weight is 282 g/mol. The van der Waals surface area contributed by atoms with Crippen LogP contribution in [0.1, 0.15) is 31.2 Å². The van der Waals surface area contributed by atoms with E-state index >= 15 is 0 Å². The van der Waals surface area contributed by atoms with Gasteiger partial charge in [-0.25, -0.2) is 0 Å². The van der Waals surface area contributed by atoms with E-state index in [1.165, 1.54) is 12.8 Å². The van der Waals surface area contributed by atoms with Gasteiger partial charge in [0.05, 0.1) is 17.3 Å². The lowest BCUT2D eigenvalue weighted by atomic mass is 10.1. The third kappa shape index (κ3) is 3.39. The molecule has 1 aromatic rings. The fourth-order valence-electron chi connectivity index (χ4n) is 2.71. The molecule has 2 rings (SSSR count). The van der Waals surface area contributed by atoms with Crippen LogP contribution in [0.2, 0.25) is 5.02 Å². The highest BCUT2D eigenvalue weighted by Gasteiger charge is 2.25. The van der Waals surface area contributed by atoms with E-state index in [1.54, 1.807) is 0 Å². The molecule has 0 aromatic heterocycles. The fourth-order valence-corrected chi connectivity index (χ4v) is 3.02. The number of hydrogen-bond acceptors (Lipinski definition) is 3. The van der Waals surface area contributed by atoms with Crippen LogP contribution in [0.3, 0.4) is 0 Å². The van der Waals surface area contributed by atoms with Crippen LogP contribution in [0.15, 0.2) is 18.2 Å². The summed E-state index contributed by atoms with van der Waals surface area (Å²) < 4.78 is 0. The van der Waals surface area contributed by atoms with E-state index in [2.05, 4.69) is 0 Å². The van der Waals surface area contributed by atoms with E-state index in [1.807, 2.05) is 23.1 Å². The molecule has 1 amide bonds. The van der Waals surface area contributed by atoms with Gasteiger partial charge in [0.1, 0.15) is 0 Å². The highest BCUT2D eigenvalue weighted by atomic mass is 35.5. The van der Waals surface area contributed by atoms with Gasteiger partial charge in [-0.3, -0.25) is 4.79 Å². The first-order chi connectivity index (χ1) is 9.11. The minimum absolute atomic E-state index is 0.215. The molecule has 0 bridgehead atoms. The predicted molar refractivity (Wildman–Crippen MR) is 78.1 cm³/mol. The van der Waals surface area contributed by atoms with Crippen molar-refractivity contribution in [3.05, 3.63) is 28.8 Å². The Labute approximate surface area is 118 Å². The summed E-state index contributed by atoms with van der Waals surface area (Å²) in [6.07, 6.45) is 4.56. The maximum atomic E-state index is 11.3. The van der Waals surface area contributed by atoms with Gasteiger partial charge in [-0.15, -0.1) is 0 Å². The van der Waals surface area contributed by atoms with Gasteiger partial charge in [0.15, 0.2) is 0 Å². The maximum Gasteiger partial charge on any atom is 0.236 e. The lowest BCUT2D eigenvalue weighted by Crippen LogP contribution is -2.40. The molecule has 1 aromatic carbocycles. The zero-order valence-electron chi connectivity index (χ0n) is 10.9. The Morgan fingerprint density at radius 2 is 2.05 bits per heavy atom. The van der Waals surface area contributed by atoms with E-state index < -0.39 is 0 Å². The summed E-state index contributed by atoms with van der Waals surface area (Å²) in [5.74, 6) is -0.328. The number of hydrogen-bond donors (Lipinski definition) is 2. The molecule has 0 radical (unpaired) electrons. The first kappa shape index (κ1) is 14.2. The Hall–Kier alpha value is -1.26. The summed E-state index contributed by atoms with van der Waals surface area (Å²) in [7, 11) is 0. The number of amides is 1. The molecule has 4 N–H and O–H groups in total. The van der Waals surface area contributed by atoms with Crippen LogP contribution >= 0.6 is 11.6 Å².